The van der Waals surface area contributed by atoms with Crippen molar-refractivity contribution >= 4 is 17.9 Å². The number of carbonyl (C=O) groups is 3. The van der Waals surface area contributed by atoms with Crippen LogP contribution >= 0.6 is 0 Å². The summed E-state index contributed by atoms with van der Waals surface area (Å²) in [5.41, 5.74) is 5.96. The first-order valence-corrected chi connectivity index (χ1v) is 12.3. The number of hydrogen-bond donors (Lipinski definition) is 3. The lowest BCUT2D eigenvalue weighted by Gasteiger charge is -2.35. The molecule has 3 aliphatic rings. The molecular weight excluding hydrogens is 452 g/mol. The third-order valence-electron chi connectivity index (χ3n) is 6.54. The van der Waals surface area contributed by atoms with E-state index in [4.69, 9.17) is 19.9 Å². The van der Waals surface area contributed by atoms with Crippen molar-refractivity contribution in [3.63, 3.8) is 0 Å². The molecule has 0 unspecified atom stereocenters. The van der Waals surface area contributed by atoms with E-state index < -0.39 is 23.8 Å². The molecule has 0 saturated carbocycles. The number of carbonyl (C=O) groups excluding carboxylic acids is 3. The van der Waals surface area contributed by atoms with Crippen LogP contribution in [0.15, 0.2) is 24.3 Å². The Hall–Kier alpha value is -2.85. The molecule has 3 amide bonds. The Morgan fingerprint density at radius 3 is 2.71 bits per heavy atom. The van der Waals surface area contributed by atoms with Gasteiger partial charge in [-0.15, -0.1) is 0 Å². The smallest absolute Gasteiger partial charge is 0.411 e. The van der Waals surface area contributed by atoms with Crippen LogP contribution in [0, 0.1) is 0 Å². The van der Waals surface area contributed by atoms with Crippen LogP contribution in [0.2, 0.25) is 0 Å². The lowest BCUT2D eigenvalue weighted by atomic mass is 9.97. The Bertz CT molecular complexity index is 948. The van der Waals surface area contributed by atoms with E-state index in [1.165, 1.54) is 4.90 Å². The van der Waals surface area contributed by atoms with Gasteiger partial charge in [-0.1, -0.05) is 12.1 Å². The zero-order chi connectivity index (χ0) is 25.2. The van der Waals surface area contributed by atoms with Gasteiger partial charge < -0.3 is 30.6 Å². The van der Waals surface area contributed by atoms with Gasteiger partial charge in [-0.2, -0.15) is 0 Å². The summed E-state index contributed by atoms with van der Waals surface area (Å²) in [5.74, 6) is -0.151. The molecule has 0 aliphatic carbocycles. The summed E-state index contributed by atoms with van der Waals surface area (Å²) in [7, 11) is 0. The summed E-state index contributed by atoms with van der Waals surface area (Å²) in [6.07, 6.45) is 1.50. The average molecular weight is 489 g/mol. The molecule has 5 atom stereocenters. The zero-order valence-corrected chi connectivity index (χ0v) is 20.6. The number of para-hydroxylation sites is 1. The first kappa shape index (κ1) is 25.2. The van der Waals surface area contributed by atoms with Gasteiger partial charge in [0.15, 0.2) is 0 Å². The molecule has 10 nitrogen and oxygen atoms in total. The molecule has 3 aliphatic heterocycles. The number of nitrogens with one attached hydrogen (secondary N) is 2. The Morgan fingerprint density at radius 1 is 1.17 bits per heavy atom. The van der Waals surface area contributed by atoms with E-state index in [9.17, 15) is 14.4 Å². The number of ether oxygens (including phenoxy) is 3. The molecule has 35 heavy (non-hydrogen) atoms. The topological polar surface area (TPSA) is 132 Å². The van der Waals surface area contributed by atoms with E-state index in [0.29, 0.717) is 24.3 Å². The molecular formula is C25H36N4O6. The maximum atomic E-state index is 13.2. The van der Waals surface area contributed by atoms with Gasteiger partial charge in [0.05, 0.1) is 24.4 Å². The van der Waals surface area contributed by atoms with Crippen molar-refractivity contribution in [2.45, 2.75) is 82.4 Å². The highest BCUT2D eigenvalue weighted by Gasteiger charge is 2.42. The maximum absolute atomic E-state index is 13.2. The minimum absolute atomic E-state index is 0.0558. The average Bonchev–Trinajstić information content (AvgIpc) is 3.22. The number of likely N-dealkylation sites (tertiary alicyclic amines) is 1. The van der Waals surface area contributed by atoms with Crippen LogP contribution < -0.4 is 21.1 Å². The molecule has 0 spiro atoms. The van der Waals surface area contributed by atoms with Crippen molar-refractivity contribution in [2.24, 2.45) is 5.73 Å². The number of rotatable bonds is 0. The van der Waals surface area contributed by atoms with Crippen LogP contribution in [0.1, 0.15) is 56.8 Å². The predicted molar refractivity (Wildman–Crippen MR) is 128 cm³/mol. The largest absolute Gasteiger partial charge is 0.493 e. The Balaban J connectivity index is 1.59. The highest BCUT2D eigenvalue weighted by atomic mass is 16.6. The summed E-state index contributed by atoms with van der Waals surface area (Å²) < 4.78 is 17.7. The van der Waals surface area contributed by atoms with Gasteiger partial charge in [-0.25, -0.2) is 4.79 Å². The third-order valence-corrected chi connectivity index (χ3v) is 6.54. The molecule has 4 N–H and O–H groups in total. The minimum Gasteiger partial charge on any atom is -0.493 e. The van der Waals surface area contributed by atoms with Crippen LogP contribution in [0.4, 0.5) is 4.79 Å². The number of nitrogens with two attached hydrogens (primary N) is 1. The monoisotopic (exact) mass is 488 g/mol. The van der Waals surface area contributed by atoms with E-state index in [2.05, 4.69) is 10.6 Å². The molecule has 192 valence electrons. The van der Waals surface area contributed by atoms with E-state index in [0.717, 1.165) is 12.8 Å². The zero-order valence-electron chi connectivity index (χ0n) is 20.6. The molecule has 0 radical (unpaired) electrons. The SMILES string of the molecule is CC(C)(C)OC(=O)N1C[C@@H]2C[C@H]1C(=O)NC[C@H]1O[C@H](CCOc3ccccc3C(=O)N2)CC[C@H]1N. The molecule has 10 heteroatoms. The third kappa shape index (κ3) is 6.24. The van der Waals surface area contributed by atoms with Crippen LogP contribution in [-0.4, -0.2) is 78.4 Å². The van der Waals surface area contributed by atoms with Gasteiger partial charge in [0, 0.05) is 31.6 Å². The van der Waals surface area contributed by atoms with Crippen LogP contribution in [0.25, 0.3) is 0 Å². The van der Waals surface area contributed by atoms with Gasteiger partial charge in [0.1, 0.15) is 17.4 Å². The second-order valence-electron chi connectivity index (χ2n) is 10.5. The Kier molecular flexibility index (Phi) is 7.51. The van der Waals surface area contributed by atoms with Gasteiger partial charge in [0.2, 0.25) is 5.91 Å². The molecule has 2 saturated heterocycles. The van der Waals surface area contributed by atoms with Crippen molar-refractivity contribution < 1.29 is 28.6 Å². The Labute approximate surface area is 205 Å². The van der Waals surface area contributed by atoms with Gasteiger partial charge in [-0.05, 0) is 52.2 Å². The quantitative estimate of drug-likeness (QED) is 0.505. The lowest BCUT2D eigenvalue weighted by Crippen LogP contribution is -2.53. The highest BCUT2D eigenvalue weighted by molar-refractivity contribution is 5.97. The first-order chi connectivity index (χ1) is 16.6. The van der Waals surface area contributed by atoms with Crippen LogP contribution in [-0.2, 0) is 14.3 Å². The second kappa shape index (κ2) is 10.4. The lowest BCUT2D eigenvalue weighted by molar-refractivity contribution is -0.127. The summed E-state index contributed by atoms with van der Waals surface area (Å²) in [6, 6.07) is 5.64. The predicted octanol–water partition coefficient (Wildman–Crippen LogP) is 1.57. The summed E-state index contributed by atoms with van der Waals surface area (Å²) >= 11 is 0. The maximum Gasteiger partial charge on any atom is 0.411 e. The van der Waals surface area contributed by atoms with E-state index >= 15 is 0 Å². The second-order valence-corrected chi connectivity index (χ2v) is 10.5. The van der Waals surface area contributed by atoms with Crippen molar-refractivity contribution in [1.29, 1.82) is 0 Å². The fourth-order valence-electron chi connectivity index (χ4n) is 4.77. The molecule has 4 bridgehead atoms. The molecule has 0 aromatic heterocycles. The number of amides is 3. The first-order valence-electron chi connectivity index (χ1n) is 12.3. The normalized spacial score (nSPS) is 29.9. The molecule has 2 fully saturated rings. The minimum atomic E-state index is -0.787. The molecule has 1 aromatic rings. The van der Waals surface area contributed by atoms with Crippen LogP contribution in [0.3, 0.4) is 0 Å². The number of benzene rings is 1. The fraction of sp³-hybridized carbons (Fsp3) is 0.640. The van der Waals surface area contributed by atoms with Gasteiger partial charge >= 0.3 is 6.09 Å². The van der Waals surface area contributed by atoms with Crippen molar-refractivity contribution in [3.8, 4) is 5.75 Å². The summed E-state index contributed by atoms with van der Waals surface area (Å²) in [5, 5.41) is 5.88. The molecule has 4 rings (SSSR count). The van der Waals surface area contributed by atoms with Gasteiger partial charge in [-0.3, -0.25) is 14.5 Å². The molecule has 1 aromatic carbocycles. The number of fused-ring (bicyclic) bond motifs is 5. The Morgan fingerprint density at radius 2 is 1.94 bits per heavy atom. The van der Waals surface area contributed by atoms with Crippen molar-refractivity contribution in [1.82, 2.24) is 15.5 Å². The summed E-state index contributed by atoms with van der Waals surface area (Å²) in [4.78, 5) is 40.6. The van der Waals surface area contributed by atoms with E-state index in [-0.39, 0.29) is 49.6 Å². The standard InChI is InChI=1S/C25H36N4O6/c1-25(2,3)35-24(32)29-14-15-12-19(29)23(31)27-13-21-18(26)9-8-16(34-21)10-11-33-20-7-5-4-6-17(20)22(30)28-15/h4-7,15-16,18-19,21H,8-14,26H2,1-3H3,(H,27,31)(H,28,30)/t15-,16-,18+,19-,21+/m0/s1. The van der Waals surface area contributed by atoms with E-state index in [1.54, 1.807) is 39.0 Å². The number of nitrogens with zero attached hydrogens (tertiary/aromatic N) is 1. The van der Waals surface area contributed by atoms with Crippen molar-refractivity contribution in [3.05, 3.63) is 29.8 Å². The number of hydrogen-bond acceptors (Lipinski definition) is 7. The van der Waals surface area contributed by atoms with Gasteiger partial charge in [0.25, 0.3) is 5.91 Å². The van der Waals surface area contributed by atoms with Crippen LogP contribution in [0.5, 0.6) is 5.75 Å². The summed E-state index contributed by atoms with van der Waals surface area (Å²) in [6.45, 7) is 6.10. The van der Waals surface area contributed by atoms with E-state index in [1.807, 2.05) is 6.07 Å². The van der Waals surface area contributed by atoms with Crippen molar-refractivity contribution in [2.75, 3.05) is 19.7 Å². The fourth-order valence-corrected chi connectivity index (χ4v) is 4.77. The molecule has 3 heterocycles. The highest BCUT2D eigenvalue weighted by Crippen LogP contribution is 2.26.